The number of aryl methyl sites for hydroxylation is 1. The fraction of sp³-hybridized carbons (Fsp3) is 0.273. The van der Waals surface area contributed by atoms with Crippen LogP contribution in [0, 0.1) is 5.82 Å². The molecule has 0 unspecified atom stereocenters. The highest BCUT2D eigenvalue weighted by Gasteiger charge is 2.56. The number of halogens is 6. The van der Waals surface area contributed by atoms with E-state index in [4.69, 9.17) is 5.73 Å². The van der Waals surface area contributed by atoms with Gasteiger partial charge in [-0.25, -0.2) is 28.8 Å². The van der Waals surface area contributed by atoms with Crippen LogP contribution in [0.2, 0.25) is 0 Å². The van der Waals surface area contributed by atoms with Crippen molar-refractivity contribution in [2.75, 3.05) is 11.1 Å². The molecule has 0 saturated heterocycles. The Morgan fingerprint density at radius 1 is 1.16 bits per heavy atom. The van der Waals surface area contributed by atoms with Crippen molar-refractivity contribution in [2.45, 2.75) is 37.3 Å². The molecule has 0 bridgehead atoms. The van der Waals surface area contributed by atoms with E-state index in [0.29, 0.717) is 0 Å². The number of hydrogen-bond donors (Lipinski definition) is 3. The smallest absolute Gasteiger partial charge is 0.453 e. The molecule has 0 aliphatic carbocycles. The summed E-state index contributed by atoms with van der Waals surface area (Å²) in [4.78, 5) is 29.4. The second kappa shape index (κ2) is 8.26. The number of amides is 1. The summed E-state index contributed by atoms with van der Waals surface area (Å²) in [6, 6.07) is 3.39. The number of aromatic hydroxyl groups is 1. The average molecular weight is 538 g/mol. The van der Waals surface area contributed by atoms with E-state index in [1.54, 1.807) is 0 Å². The zero-order chi connectivity index (χ0) is 27.6. The molecule has 1 aliphatic rings. The summed E-state index contributed by atoms with van der Waals surface area (Å²) in [5.41, 5.74) is 4.54. The Morgan fingerprint density at radius 3 is 2.58 bits per heavy atom. The van der Waals surface area contributed by atoms with E-state index in [2.05, 4.69) is 30.4 Å². The number of rotatable bonds is 5. The van der Waals surface area contributed by atoms with Crippen LogP contribution in [-0.2, 0) is 16.6 Å². The summed E-state index contributed by atoms with van der Waals surface area (Å²) in [5, 5.41) is 15.9. The quantitative estimate of drug-likeness (QED) is 0.328. The van der Waals surface area contributed by atoms with E-state index in [-0.39, 0.29) is 45.6 Å². The number of nitrogen functional groups attached to an aromatic ring is 1. The van der Waals surface area contributed by atoms with Crippen molar-refractivity contribution in [3.05, 3.63) is 53.4 Å². The number of hydrogen-bond acceptors (Lipinski definition) is 8. The van der Waals surface area contributed by atoms with Crippen molar-refractivity contribution in [1.29, 1.82) is 0 Å². The third-order valence-electron chi connectivity index (χ3n) is 6.30. The van der Waals surface area contributed by atoms with E-state index < -0.39 is 47.8 Å². The third kappa shape index (κ3) is 3.83. The summed E-state index contributed by atoms with van der Waals surface area (Å²) >= 11 is 0. The minimum atomic E-state index is -5.74. The number of phenols is 1. The first-order chi connectivity index (χ1) is 17.7. The van der Waals surface area contributed by atoms with Gasteiger partial charge in [-0.3, -0.25) is 4.79 Å². The van der Waals surface area contributed by atoms with E-state index in [1.807, 2.05) is 0 Å². The predicted octanol–water partition coefficient (Wildman–Crippen LogP) is 3.40. The van der Waals surface area contributed by atoms with Crippen LogP contribution < -0.4 is 11.1 Å². The van der Waals surface area contributed by atoms with Gasteiger partial charge in [-0.05, 0) is 31.0 Å². The first-order valence-electron chi connectivity index (χ1n) is 10.8. The number of phenolic OH excluding ortho intramolecular Hbond substituents is 1. The molecule has 5 rings (SSSR count). The van der Waals surface area contributed by atoms with Crippen molar-refractivity contribution >= 4 is 23.2 Å². The lowest BCUT2D eigenvalue weighted by Crippen LogP contribution is -2.36. The van der Waals surface area contributed by atoms with Gasteiger partial charge in [0.1, 0.15) is 29.1 Å². The third-order valence-corrected chi connectivity index (χ3v) is 6.30. The number of alkyl halides is 5. The molecule has 198 valence electrons. The van der Waals surface area contributed by atoms with Crippen molar-refractivity contribution in [1.82, 2.24) is 29.5 Å². The number of anilines is 2. The molecule has 1 amide bonds. The molecule has 1 atom stereocenters. The van der Waals surface area contributed by atoms with Gasteiger partial charge >= 0.3 is 12.1 Å². The lowest BCUT2D eigenvalue weighted by atomic mass is 9.77. The van der Waals surface area contributed by atoms with Gasteiger partial charge < -0.3 is 16.2 Å². The monoisotopic (exact) mass is 538 g/mol. The standard InChI is InChI=1S/C22H16F6N8O2/c1-20(9-2-3-13(37)10(23)6-9)14-15(29)33-16(34-17(14)35-19(20)38)12-7-36-18(30-8-31-36)11(32-12)4-5-21(24,25)22(26,27)28/h2-3,6-8,37H,4-5H2,1H3,(H3,29,33,34,35,38)/t20-/m1/s1. The second-order valence-electron chi connectivity index (χ2n) is 8.70. The maximum absolute atomic E-state index is 14.1. The van der Waals surface area contributed by atoms with Crippen LogP contribution in [0.3, 0.4) is 0 Å². The summed E-state index contributed by atoms with van der Waals surface area (Å²) in [7, 11) is 0. The van der Waals surface area contributed by atoms with Crippen LogP contribution in [-0.4, -0.2) is 52.7 Å². The topological polar surface area (TPSA) is 144 Å². The number of nitrogens with two attached hydrogens (primary N) is 1. The first-order valence-corrected chi connectivity index (χ1v) is 10.8. The Bertz CT molecular complexity index is 1600. The predicted molar refractivity (Wildman–Crippen MR) is 119 cm³/mol. The van der Waals surface area contributed by atoms with Gasteiger partial charge in [0.25, 0.3) is 0 Å². The summed E-state index contributed by atoms with van der Waals surface area (Å²) in [6.45, 7) is 1.46. The summed E-state index contributed by atoms with van der Waals surface area (Å²) in [5.74, 6) is -7.60. The van der Waals surface area contributed by atoms with E-state index in [1.165, 1.54) is 19.2 Å². The second-order valence-corrected chi connectivity index (χ2v) is 8.70. The zero-order valence-electron chi connectivity index (χ0n) is 19.2. The molecule has 38 heavy (non-hydrogen) atoms. The van der Waals surface area contributed by atoms with Crippen molar-refractivity contribution in [3.63, 3.8) is 0 Å². The van der Waals surface area contributed by atoms with Crippen LogP contribution in [0.4, 0.5) is 38.0 Å². The van der Waals surface area contributed by atoms with E-state index in [9.17, 15) is 36.2 Å². The van der Waals surface area contributed by atoms with Gasteiger partial charge in [-0.15, -0.1) is 0 Å². The molecule has 16 heteroatoms. The van der Waals surface area contributed by atoms with Gasteiger partial charge in [0.05, 0.1) is 17.5 Å². The molecule has 4 heterocycles. The summed E-state index contributed by atoms with van der Waals surface area (Å²) in [6.07, 6.45) is -5.80. The normalized spacial score (nSPS) is 17.6. The number of aromatic nitrogens is 6. The fourth-order valence-electron chi connectivity index (χ4n) is 4.20. The minimum absolute atomic E-state index is 0.0425. The van der Waals surface area contributed by atoms with Crippen molar-refractivity contribution in [3.8, 4) is 17.3 Å². The maximum atomic E-state index is 14.1. The molecule has 1 aliphatic heterocycles. The van der Waals surface area contributed by atoms with E-state index in [0.717, 1.165) is 23.0 Å². The average Bonchev–Trinajstić information content (AvgIpc) is 3.41. The molecular formula is C22H16F6N8O2. The van der Waals surface area contributed by atoms with Gasteiger partial charge in [-0.2, -0.15) is 27.1 Å². The molecular weight excluding hydrogens is 522 g/mol. The largest absolute Gasteiger partial charge is 0.505 e. The molecule has 4 aromatic rings. The van der Waals surface area contributed by atoms with Gasteiger partial charge in [0, 0.05) is 6.42 Å². The number of carbonyl (C=O) groups is 1. The lowest BCUT2D eigenvalue weighted by Gasteiger charge is -2.23. The van der Waals surface area contributed by atoms with Gasteiger partial charge in [0.15, 0.2) is 23.0 Å². The number of benzene rings is 1. The first kappa shape index (κ1) is 25.2. The number of carbonyl (C=O) groups excluding carboxylic acids is 1. The van der Waals surface area contributed by atoms with Gasteiger partial charge in [-0.1, -0.05) is 6.07 Å². The molecule has 0 radical (unpaired) electrons. The van der Waals surface area contributed by atoms with Crippen LogP contribution >= 0.6 is 0 Å². The molecule has 0 spiro atoms. The Kier molecular flexibility index (Phi) is 5.47. The minimum Gasteiger partial charge on any atom is -0.505 e. The summed E-state index contributed by atoms with van der Waals surface area (Å²) < 4.78 is 80.2. The van der Waals surface area contributed by atoms with Crippen molar-refractivity contribution in [2.24, 2.45) is 0 Å². The Labute approximate surface area is 208 Å². The molecule has 4 N–H and O–H groups in total. The molecule has 10 nitrogen and oxygen atoms in total. The molecule has 1 aromatic carbocycles. The molecule has 0 saturated carbocycles. The molecule has 0 fully saturated rings. The highest BCUT2D eigenvalue weighted by atomic mass is 19.4. The SMILES string of the molecule is C[C@]1(c2ccc(O)c(F)c2)C(=O)Nc2nc(-c3cn4ncnc4c(CCC(F)(F)C(F)(F)F)n3)nc(N)c21. The fourth-order valence-corrected chi connectivity index (χ4v) is 4.20. The number of fused-ring (bicyclic) bond motifs is 2. The Morgan fingerprint density at radius 2 is 1.89 bits per heavy atom. The van der Waals surface area contributed by atoms with E-state index >= 15 is 0 Å². The zero-order valence-corrected chi connectivity index (χ0v) is 19.2. The number of nitrogens with one attached hydrogen (secondary N) is 1. The maximum Gasteiger partial charge on any atom is 0.453 e. The highest BCUT2D eigenvalue weighted by molar-refractivity contribution is 6.09. The molecule has 3 aromatic heterocycles. The Hall–Kier alpha value is -4.50. The Balaban J connectivity index is 1.57. The van der Waals surface area contributed by atoms with Gasteiger partial charge in [0.2, 0.25) is 5.91 Å². The lowest BCUT2D eigenvalue weighted by molar-refractivity contribution is -0.284. The van der Waals surface area contributed by atoms with Crippen LogP contribution in [0.5, 0.6) is 5.75 Å². The highest BCUT2D eigenvalue weighted by Crippen LogP contribution is 2.45. The van der Waals surface area contributed by atoms with Crippen LogP contribution in [0.25, 0.3) is 17.2 Å². The number of nitrogens with zero attached hydrogens (tertiary/aromatic N) is 6. The van der Waals surface area contributed by atoms with Crippen LogP contribution in [0.15, 0.2) is 30.7 Å². The van der Waals surface area contributed by atoms with Crippen LogP contribution in [0.1, 0.15) is 30.2 Å². The van der Waals surface area contributed by atoms with Crippen molar-refractivity contribution < 1.29 is 36.2 Å².